The van der Waals surface area contributed by atoms with E-state index < -0.39 is 17.8 Å². The lowest BCUT2D eigenvalue weighted by molar-refractivity contribution is -0.138. The van der Waals surface area contributed by atoms with Gasteiger partial charge < -0.3 is 15.7 Å². The van der Waals surface area contributed by atoms with E-state index in [1.807, 2.05) is 6.92 Å². The van der Waals surface area contributed by atoms with Gasteiger partial charge in [-0.1, -0.05) is 13.0 Å². The maximum Gasteiger partial charge on any atom is 0.416 e. The highest BCUT2D eigenvalue weighted by molar-refractivity contribution is 5.90. The minimum Gasteiger partial charge on any atom is -0.396 e. The molecule has 0 bridgehead atoms. The Hall–Kier alpha value is -1.76. The van der Waals surface area contributed by atoms with E-state index in [9.17, 15) is 18.0 Å². The third-order valence-electron chi connectivity index (χ3n) is 3.12. The van der Waals surface area contributed by atoms with Crippen LogP contribution in [0.25, 0.3) is 0 Å². The zero-order valence-corrected chi connectivity index (χ0v) is 11.9. The molecule has 0 aliphatic rings. The molecule has 0 saturated carbocycles. The van der Waals surface area contributed by atoms with Crippen LogP contribution in [-0.2, 0) is 6.18 Å². The molecule has 0 heterocycles. The van der Waals surface area contributed by atoms with Gasteiger partial charge >= 0.3 is 12.2 Å². The molecule has 1 rings (SSSR count). The monoisotopic (exact) mass is 304 g/mol. The van der Waals surface area contributed by atoms with Crippen LogP contribution in [0.1, 0.15) is 24.5 Å². The number of urea groups is 1. The minimum absolute atomic E-state index is 0.0245. The summed E-state index contributed by atoms with van der Waals surface area (Å²) in [5.74, 6) is 0.0864. The van der Waals surface area contributed by atoms with Crippen molar-refractivity contribution >= 4 is 11.7 Å². The summed E-state index contributed by atoms with van der Waals surface area (Å²) in [6.07, 6.45) is -3.91. The molecule has 0 spiro atoms. The lowest BCUT2D eigenvalue weighted by Crippen LogP contribution is -2.33. The van der Waals surface area contributed by atoms with Crippen LogP contribution in [0.15, 0.2) is 18.2 Å². The van der Waals surface area contributed by atoms with E-state index in [0.29, 0.717) is 13.0 Å². The van der Waals surface area contributed by atoms with Crippen LogP contribution >= 0.6 is 0 Å². The summed E-state index contributed by atoms with van der Waals surface area (Å²) in [7, 11) is 0. The van der Waals surface area contributed by atoms with E-state index in [1.54, 1.807) is 0 Å². The second-order valence-corrected chi connectivity index (χ2v) is 4.93. The maximum absolute atomic E-state index is 12.8. The van der Waals surface area contributed by atoms with E-state index in [4.69, 9.17) is 5.11 Å². The van der Waals surface area contributed by atoms with Gasteiger partial charge in [0.15, 0.2) is 0 Å². The zero-order valence-electron chi connectivity index (χ0n) is 11.9. The molecule has 1 aromatic rings. The fourth-order valence-corrected chi connectivity index (χ4v) is 1.83. The molecule has 7 heteroatoms. The maximum atomic E-state index is 12.8. The molecular formula is C14H19F3N2O2. The zero-order chi connectivity index (χ0) is 16.0. The molecule has 0 aliphatic carbocycles. The summed E-state index contributed by atoms with van der Waals surface area (Å²) in [6.45, 7) is 3.53. The fourth-order valence-electron chi connectivity index (χ4n) is 1.83. The van der Waals surface area contributed by atoms with Gasteiger partial charge in [-0.25, -0.2) is 4.79 Å². The van der Waals surface area contributed by atoms with Gasteiger partial charge in [0.05, 0.1) is 5.56 Å². The summed E-state index contributed by atoms with van der Waals surface area (Å²) in [5, 5.41) is 13.7. The number of hydrogen-bond donors (Lipinski definition) is 3. The van der Waals surface area contributed by atoms with Crippen molar-refractivity contribution in [2.75, 3.05) is 18.5 Å². The largest absolute Gasteiger partial charge is 0.416 e. The van der Waals surface area contributed by atoms with Crippen molar-refractivity contribution in [3.8, 4) is 0 Å². The van der Waals surface area contributed by atoms with Gasteiger partial charge in [0.2, 0.25) is 0 Å². The number of rotatable bonds is 5. The molecule has 2 amide bonds. The number of aliphatic hydroxyl groups excluding tert-OH is 1. The minimum atomic E-state index is -4.45. The predicted molar refractivity (Wildman–Crippen MR) is 74.1 cm³/mol. The molecule has 1 atom stereocenters. The van der Waals surface area contributed by atoms with E-state index in [1.165, 1.54) is 19.1 Å². The van der Waals surface area contributed by atoms with Crippen LogP contribution in [0.3, 0.4) is 0 Å². The SMILES string of the molecule is Cc1c(NC(=O)NCC(C)CCO)cccc1C(F)(F)F. The van der Waals surface area contributed by atoms with Crippen LogP contribution in [0.4, 0.5) is 23.7 Å². The summed E-state index contributed by atoms with van der Waals surface area (Å²) >= 11 is 0. The van der Waals surface area contributed by atoms with Crippen LogP contribution in [0.2, 0.25) is 0 Å². The molecule has 0 radical (unpaired) electrons. The molecule has 3 N–H and O–H groups in total. The van der Waals surface area contributed by atoms with Crippen molar-refractivity contribution in [2.24, 2.45) is 5.92 Å². The Balaban J connectivity index is 2.69. The highest BCUT2D eigenvalue weighted by Crippen LogP contribution is 2.34. The topological polar surface area (TPSA) is 61.4 Å². The summed E-state index contributed by atoms with van der Waals surface area (Å²) in [4.78, 5) is 11.7. The highest BCUT2D eigenvalue weighted by Gasteiger charge is 2.33. The second kappa shape index (κ2) is 7.31. The fraction of sp³-hybridized carbons (Fsp3) is 0.500. The summed E-state index contributed by atoms with van der Waals surface area (Å²) in [6, 6.07) is 3.07. The van der Waals surface area contributed by atoms with Crippen molar-refractivity contribution < 1.29 is 23.1 Å². The van der Waals surface area contributed by atoms with E-state index in [2.05, 4.69) is 10.6 Å². The second-order valence-electron chi connectivity index (χ2n) is 4.93. The Morgan fingerprint density at radius 2 is 2.05 bits per heavy atom. The Morgan fingerprint density at radius 3 is 2.62 bits per heavy atom. The normalized spacial score (nSPS) is 12.9. The van der Waals surface area contributed by atoms with Gasteiger partial charge in [-0.2, -0.15) is 13.2 Å². The number of alkyl halides is 3. The van der Waals surface area contributed by atoms with E-state index in [0.717, 1.165) is 6.07 Å². The molecule has 4 nitrogen and oxygen atoms in total. The molecule has 21 heavy (non-hydrogen) atoms. The number of anilines is 1. The van der Waals surface area contributed by atoms with Crippen molar-refractivity contribution in [1.82, 2.24) is 5.32 Å². The number of aliphatic hydroxyl groups is 1. The molecule has 1 unspecified atom stereocenters. The van der Waals surface area contributed by atoms with Gasteiger partial charge in [0.25, 0.3) is 0 Å². The molecular weight excluding hydrogens is 285 g/mol. The predicted octanol–water partition coefficient (Wildman–Crippen LogP) is 3.15. The molecule has 118 valence electrons. The molecule has 1 aromatic carbocycles. The van der Waals surface area contributed by atoms with Gasteiger partial charge in [-0.15, -0.1) is 0 Å². The van der Waals surface area contributed by atoms with Gasteiger partial charge in [-0.3, -0.25) is 0 Å². The summed E-state index contributed by atoms with van der Waals surface area (Å²) < 4.78 is 38.3. The molecule has 0 fully saturated rings. The number of carbonyl (C=O) groups is 1. The number of nitrogens with one attached hydrogen (secondary N) is 2. The van der Waals surface area contributed by atoms with Crippen molar-refractivity contribution in [1.29, 1.82) is 0 Å². The average Bonchev–Trinajstić information content (AvgIpc) is 2.38. The smallest absolute Gasteiger partial charge is 0.396 e. The van der Waals surface area contributed by atoms with E-state index in [-0.39, 0.29) is 23.8 Å². The van der Waals surface area contributed by atoms with Crippen molar-refractivity contribution in [3.63, 3.8) is 0 Å². The third-order valence-corrected chi connectivity index (χ3v) is 3.12. The van der Waals surface area contributed by atoms with Crippen molar-refractivity contribution in [2.45, 2.75) is 26.4 Å². The van der Waals surface area contributed by atoms with Gasteiger partial charge in [0.1, 0.15) is 0 Å². The van der Waals surface area contributed by atoms with Crippen LogP contribution < -0.4 is 10.6 Å². The van der Waals surface area contributed by atoms with Crippen molar-refractivity contribution in [3.05, 3.63) is 29.3 Å². The molecule has 0 aromatic heterocycles. The van der Waals surface area contributed by atoms with Gasteiger partial charge in [0, 0.05) is 18.8 Å². The third kappa shape index (κ3) is 5.26. The Labute approximate surface area is 121 Å². The van der Waals surface area contributed by atoms with Crippen LogP contribution in [0, 0.1) is 12.8 Å². The quantitative estimate of drug-likeness (QED) is 0.782. The first-order chi connectivity index (χ1) is 9.75. The number of benzene rings is 1. The number of carbonyl (C=O) groups excluding carboxylic acids is 1. The van der Waals surface area contributed by atoms with Gasteiger partial charge in [-0.05, 0) is 37.0 Å². The molecule has 0 aliphatic heterocycles. The Morgan fingerprint density at radius 1 is 1.38 bits per heavy atom. The first-order valence-electron chi connectivity index (χ1n) is 6.58. The van der Waals surface area contributed by atoms with Crippen LogP contribution in [-0.4, -0.2) is 24.3 Å². The Bertz CT molecular complexity index is 490. The number of halogens is 3. The number of hydrogen-bond acceptors (Lipinski definition) is 2. The average molecular weight is 304 g/mol. The molecule has 0 saturated heterocycles. The standard InChI is InChI=1S/C14H19F3N2O2/c1-9(6-7-20)8-18-13(21)19-12-5-3-4-11(10(12)2)14(15,16)17/h3-5,9,20H,6-8H2,1-2H3,(H2,18,19,21). The van der Waals surface area contributed by atoms with Crippen LogP contribution in [0.5, 0.6) is 0 Å². The lowest BCUT2D eigenvalue weighted by Gasteiger charge is -2.16. The lowest BCUT2D eigenvalue weighted by atomic mass is 10.1. The Kier molecular flexibility index (Phi) is 6.02. The highest BCUT2D eigenvalue weighted by atomic mass is 19.4. The first kappa shape index (κ1) is 17.3. The summed E-state index contributed by atoms with van der Waals surface area (Å²) in [5.41, 5.74) is -0.672. The van der Waals surface area contributed by atoms with E-state index >= 15 is 0 Å². The number of amides is 2. The first-order valence-corrected chi connectivity index (χ1v) is 6.58.